The predicted molar refractivity (Wildman–Crippen MR) is 68.8 cm³/mol. The minimum Gasteiger partial charge on any atom is -0.393 e. The first-order valence-electron chi connectivity index (χ1n) is 6.13. The fraction of sp³-hybridized carbons (Fsp3) is 0.500. The number of nitrogens with one attached hydrogen (secondary N) is 1. The molecule has 0 aromatic heterocycles. The van der Waals surface area contributed by atoms with Gasteiger partial charge in [0.05, 0.1) is 6.10 Å². The Morgan fingerprint density at radius 2 is 1.84 bits per heavy atom. The minimum atomic E-state index is -0.895. The summed E-state index contributed by atoms with van der Waals surface area (Å²) in [4.78, 5) is 11.6. The van der Waals surface area contributed by atoms with Crippen molar-refractivity contribution in [2.75, 3.05) is 6.54 Å². The molecule has 0 aliphatic rings. The molecule has 3 nitrogen and oxygen atoms in total. The molecule has 0 aliphatic heterocycles. The summed E-state index contributed by atoms with van der Waals surface area (Å²) in [5, 5.41) is 12.2. The summed E-state index contributed by atoms with van der Waals surface area (Å²) < 4.78 is 26.7. The van der Waals surface area contributed by atoms with Crippen molar-refractivity contribution in [3.63, 3.8) is 0 Å². The molecule has 1 amide bonds. The number of aliphatic hydroxyl groups is 1. The maximum atomic E-state index is 13.3. The molecule has 0 heterocycles. The van der Waals surface area contributed by atoms with Crippen LogP contribution in [0.1, 0.15) is 37.6 Å². The summed E-state index contributed by atoms with van der Waals surface area (Å²) in [7, 11) is 0. The maximum Gasteiger partial charge on any atom is 0.257 e. The van der Waals surface area contributed by atoms with E-state index in [1.165, 1.54) is 6.07 Å². The zero-order valence-electron chi connectivity index (χ0n) is 11.3. The zero-order valence-corrected chi connectivity index (χ0v) is 11.3. The van der Waals surface area contributed by atoms with Crippen LogP contribution in [0.5, 0.6) is 0 Å². The molecular weight excluding hydrogens is 252 g/mol. The van der Waals surface area contributed by atoms with Crippen LogP contribution in [0.4, 0.5) is 8.78 Å². The minimum absolute atomic E-state index is 0.158. The lowest BCUT2D eigenvalue weighted by Gasteiger charge is -2.25. The molecule has 0 saturated carbocycles. The number of carbonyl (C=O) groups excluding carboxylic acids is 1. The van der Waals surface area contributed by atoms with Crippen molar-refractivity contribution >= 4 is 5.91 Å². The molecular formula is C14H19F2NO2. The van der Waals surface area contributed by atoms with E-state index in [1.54, 1.807) is 0 Å². The van der Waals surface area contributed by atoms with Gasteiger partial charge in [0.2, 0.25) is 0 Å². The number of benzene rings is 1. The molecule has 1 rings (SSSR count). The lowest BCUT2D eigenvalue weighted by molar-refractivity contribution is 0.0550. The number of carbonyl (C=O) groups is 1. The zero-order chi connectivity index (χ0) is 14.6. The smallest absolute Gasteiger partial charge is 0.257 e. The highest BCUT2D eigenvalue weighted by atomic mass is 19.1. The Bertz CT molecular complexity index is 435. The number of hydrogen-bond donors (Lipinski definition) is 2. The molecule has 1 aromatic rings. The topological polar surface area (TPSA) is 49.3 Å². The fourth-order valence-electron chi connectivity index (χ4n) is 1.56. The molecule has 0 fully saturated rings. The molecule has 0 bridgehead atoms. The highest BCUT2D eigenvalue weighted by Crippen LogP contribution is 2.21. The van der Waals surface area contributed by atoms with E-state index in [2.05, 4.69) is 5.32 Å². The molecule has 19 heavy (non-hydrogen) atoms. The van der Waals surface area contributed by atoms with Gasteiger partial charge in [0.15, 0.2) is 0 Å². The number of hydrogen-bond acceptors (Lipinski definition) is 2. The van der Waals surface area contributed by atoms with Crippen LogP contribution in [0, 0.1) is 17.0 Å². The van der Waals surface area contributed by atoms with Crippen LogP contribution in [0.3, 0.4) is 0 Å². The van der Waals surface area contributed by atoms with Crippen molar-refractivity contribution in [2.24, 2.45) is 5.41 Å². The maximum absolute atomic E-state index is 13.3. The van der Waals surface area contributed by atoms with Gasteiger partial charge in [-0.2, -0.15) is 0 Å². The molecule has 0 unspecified atom stereocenters. The van der Waals surface area contributed by atoms with Gasteiger partial charge in [-0.25, -0.2) is 8.78 Å². The second kappa shape index (κ2) is 6.10. The summed E-state index contributed by atoms with van der Waals surface area (Å²) in [5.74, 6) is -2.60. The molecule has 0 saturated heterocycles. The standard InChI is InChI=1S/C14H19F2NO2/c1-14(2,3)11(18)7-8-17-13(19)12-9(15)5-4-6-10(12)16/h4-6,11,18H,7-8H2,1-3H3,(H,17,19)/t11-/m1/s1. The van der Waals surface area contributed by atoms with Crippen molar-refractivity contribution < 1.29 is 18.7 Å². The monoisotopic (exact) mass is 271 g/mol. The highest BCUT2D eigenvalue weighted by Gasteiger charge is 2.22. The summed E-state index contributed by atoms with van der Waals surface area (Å²) in [6, 6.07) is 3.26. The van der Waals surface area contributed by atoms with Gasteiger partial charge in [0.25, 0.3) is 5.91 Å². The van der Waals surface area contributed by atoms with E-state index < -0.39 is 29.2 Å². The Morgan fingerprint density at radius 3 is 2.32 bits per heavy atom. The first kappa shape index (κ1) is 15.6. The van der Waals surface area contributed by atoms with Gasteiger partial charge < -0.3 is 10.4 Å². The van der Waals surface area contributed by atoms with E-state index in [-0.39, 0.29) is 12.0 Å². The Hall–Kier alpha value is -1.49. The summed E-state index contributed by atoms with van der Waals surface area (Å²) in [6.07, 6.45) is -0.274. The molecule has 2 N–H and O–H groups in total. The van der Waals surface area contributed by atoms with Crippen LogP contribution in [-0.4, -0.2) is 23.7 Å². The molecule has 0 spiro atoms. The lowest BCUT2D eigenvalue weighted by atomic mass is 9.87. The van der Waals surface area contributed by atoms with Crippen molar-refractivity contribution in [1.29, 1.82) is 0 Å². The average molecular weight is 271 g/mol. The second-order valence-corrected chi connectivity index (χ2v) is 5.52. The van der Waals surface area contributed by atoms with Crippen molar-refractivity contribution in [3.8, 4) is 0 Å². The number of rotatable bonds is 4. The van der Waals surface area contributed by atoms with Crippen LogP contribution in [-0.2, 0) is 0 Å². The number of halogens is 2. The summed E-state index contributed by atoms with van der Waals surface area (Å²) >= 11 is 0. The van der Waals surface area contributed by atoms with Crippen molar-refractivity contribution in [3.05, 3.63) is 35.4 Å². The predicted octanol–water partition coefficient (Wildman–Crippen LogP) is 2.49. The Kier molecular flexibility index (Phi) is 5.00. The first-order chi connectivity index (χ1) is 8.73. The van der Waals surface area contributed by atoms with Crippen molar-refractivity contribution in [1.82, 2.24) is 5.32 Å². The van der Waals surface area contributed by atoms with E-state index in [0.29, 0.717) is 6.42 Å². The normalized spacial score (nSPS) is 13.2. The molecule has 1 aromatic carbocycles. The second-order valence-electron chi connectivity index (χ2n) is 5.52. The van der Waals surface area contributed by atoms with Gasteiger partial charge >= 0.3 is 0 Å². The Labute approximate surface area is 111 Å². The van der Waals surface area contributed by atoms with Crippen LogP contribution in [0.15, 0.2) is 18.2 Å². The lowest BCUT2D eigenvalue weighted by Crippen LogP contribution is -2.33. The molecule has 5 heteroatoms. The Morgan fingerprint density at radius 1 is 1.32 bits per heavy atom. The van der Waals surface area contributed by atoms with E-state index in [9.17, 15) is 18.7 Å². The third-order valence-corrected chi connectivity index (χ3v) is 2.89. The highest BCUT2D eigenvalue weighted by molar-refractivity contribution is 5.94. The van der Waals surface area contributed by atoms with Crippen LogP contribution in [0.25, 0.3) is 0 Å². The van der Waals surface area contributed by atoms with Gasteiger partial charge in [-0.15, -0.1) is 0 Å². The fourth-order valence-corrected chi connectivity index (χ4v) is 1.56. The van der Waals surface area contributed by atoms with E-state index in [1.807, 2.05) is 20.8 Å². The quantitative estimate of drug-likeness (QED) is 0.884. The largest absolute Gasteiger partial charge is 0.393 e. The van der Waals surface area contributed by atoms with Gasteiger partial charge in [-0.3, -0.25) is 4.79 Å². The third-order valence-electron chi connectivity index (χ3n) is 2.89. The Balaban J connectivity index is 2.58. The van der Waals surface area contributed by atoms with E-state index >= 15 is 0 Å². The summed E-state index contributed by atoms with van der Waals surface area (Å²) in [5.41, 5.74) is -0.888. The van der Waals surface area contributed by atoms with Crippen LogP contribution < -0.4 is 5.32 Å². The average Bonchev–Trinajstić information content (AvgIpc) is 2.27. The molecule has 1 atom stereocenters. The van der Waals surface area contributed by atoms with Crippen molar-refractivity contribution in [2.45, 2.75) is 33.3 Å². The van der Waals surface area contributed by atoms with Gasteiger partial charge in [0.1, 0.15) is 17.2 Å². The van der Waals surface area contributed by atoms with E-state index in [4.69, 9.17) is 0 Å². The van der Waals surface area contributed by atoms with Crippen LogP contribution in [0.2, 0.25) is 0 Å². The van der Waals surface area contributed by atoms with Gasteiger partial charge in [-0.1, -0.05) is 26.8 Å². The van der Waals surface area contributed by atoms with E-state index in [0.717, 1.165) is 12.1 Å². The van der Waals surface area contributed by atoms with Gasteiger partial charge in [-0.05, 0) is 24.0 Å². The van der Waals surface area contributed by atoms with Gasteiger partial charge in [0, 0.05) is 6.54 Å². The summed E-state index contributed by atoms with van der Waals surface area (Å²) in [6.45, 7) is 5.77. The molecule has 106 valence electrons. The molecule has 0 radical (unpaired) electrons. The number of aliphatic hydroxyl groups excluding tert-OH is 1. The van der Waals surface area contributed by atoms with Crippen LogP contribution >= 0.6 is 0 Å². The third kappa shape index (κ3) is 4.28. The first-order valence-corrected chi connectivity index (χ1v) is 6.13. The molecule has 0 aliphatic carbocycles. The number of amides is 1. The SMILES string of the molecule is CC(C)(C)[C@H](O)CCNC(=O)c1c(F)cccc1F.